The van der Waals surface area contributed by atoms with Gasteiger partial charge in [-0.1, -0.05) is 0 Å². The number of rotatable bonds is 3. The minimum absolute atomic E-state index is 0.0220. The van der Waals surface area contributed by atoms with Gasteiger partial charge >= 0.3 is 0 Å². The van der Waals surface area contributed by atoms with Gasteiger partial charge in [-0.15, -0.1) is 0 Å². The van der Waals surface area contributed by atoms with Crippen molar-refractivity contribution < 1.29 is 9.18 Å². The van der Waals surface area contributed by atoms with Gasteiger partial charge in [0.1, 0.15) is 11.6 Å². The number of nitrogens with zero attached hydrogens (tertiary/aromatic N) is 6. The largest absolute Gasteiger partial charge is 0.355 e. The molecule has 0 aliphatic carbocycles. The maximum atomic E-state index is 14.6. The summed E-state index contributed by atoms with van der Waals surface area (Å²) < 4.78 is 16.3. The van der Waals surface area contributed by atoms with E-state index in [2.05, 4.69) is 4.90 Å². The number of amides is 1. The summed E-state index contributed by atoms with van der Waals surface area (Å²) >= 11 is 0. The van der Waals surface area contributed by atoms with Crippen molar-refractivity contribution in [2.24, 2.45) is 5.73 Å². The van der Waals surface area contributed by atoms with E-state index in [4.69, 9.17) is 21.1 Å². The molecule has 0 radical (unpaired) electrons. The van der Waals surface area contributed by atoms with Gasteiger partial charge < -0.3 is 15.5 Å². The Hall–Kier alpha value is -3.51. The first kappa shape index (κ1) is 21.3. The number of benzene rings is 1. The van der Waals surface area contributed by atoms with Gasteiger partial charge in [0.15, 0.2) is 5.65 Å². The summed E-state index contributed by atoms with van der Waals surface area (Å²) in [5.41, 5.74) is 8.73. The first-order chi connectivity index (χ1) is 15.9. The molecule has 2 aliphatic rings. The average molecular weight is 448 g/mol. The molecule has 9 heteroatoms. The SMILES string of the molecule is Cc1cn2nc(C3CCCCN3C(=O)c3ccc(C#N)cc3F)cc2nc1N1CCC(N)C1. The van der Waals surface area contributed by atoms with Crippen LogP contribution in [0.25, 0.3) is 5.65 Å². The molecule has 2 fully saturated rings. The number of carbonyl (C=O) groups is 1. The van der Waals surface area contributed by atoms with E-state index in [0.717, 1.165) is 61.9 Å². The molecule has 5 rings (SSSR count). The molecule has 8 nitrogen and oxygen atoms in total. The fourth-order valence-electron chi connectivity index (χ4n) is 4.88. The van der Waals surface area contributed by atoms with Crippen LogP contribution in [-0.2, 0) is 0 Å². The molecule has 0 spiro atoms. The Morgan fingerprint density at radius 3 is 2.82 bits per heavy atom. The molecule has 0 bridgehead atoms. The van der Waals surface area contributed by atoms with E-state index in [1.54, 1.807) is 9.42 Å². The second-order valence-electron chi connectivity index (χ2n) is 8.93. The molecule has 4 heterocycles. The summed E-state index contributed by atoms with van der Waals surface area (Å²) in [4.78, 5) is 22.0. The van der Waals surface area contributed by atoms with Crippen molar-refractivity contribution in [3.05, 3.63) is 58.7 Å². The summed E-state index contributed by atoms with van der Waals surface area (Å²) in [6, 6.07) is 7.69. The van der Waals surface area contributed by atoms with Gasteiger partial charge in [-0.25, -0.2) is 13.9 Å². The second kappa shape index (κ2) is 8.45. The molecular weight excluding hydrogens is 421 g/mol. The van der Waals surface area contributed by atoms with Gasteiger partial charge in [-0.05, 0) is 50.8 Å². The third-order valence-electron chi connectivity index (χ3n) is 6.58. The maximum absolute atomic E-state index is 14.6. The van der Waals surface area contributed by atoms with E-state index < -0.39 is 5.82 Å². The zero-order chi connectivity index (χ0) is 23.1. The minimum Gasteiger partial charge on any atom is -0.355 e. The Morgan fingerprint density at radius 2 is 2.09 bits per heavy atom. The highest BCUT2D eigenvalue weighted by atomic mass is 19.1. The third kappa shape index (κ3) is 3.91. The number of halogens is 1. The summed E-state index contributed by atoms with van der Waals surface area (Å²) in [6.45, 7) is 4.20. The Bertz CT molecular complexity index is 1260. The molecule has 3 aromatic rings. The van der Waals surface area contributed by atoms with Gasteiger partial charge in [-0.3, -0.25) is 4.79 Å². The molecule has 1 amide bonds. The topological polar surface area (TPSA) is 104 Å². The van der Waals surface area contributed by atoms with Crippen LogP contribution in [0.3, 0.4) is 0 Å². The lowest BCUT2D eigenvalue weighted by atomic mass is 9.98. The van der Waals surface area contributed by atoms with Crippen LogP contribution in [0.2, 0.25) is 0 Å². The number of nitrogens with two attached hydrogens (primary N) is 1. The zero-order valence-electron chi connectivity index (χ0n) is 18.5. The van der Waals surface area contributed by atoms with Crippen LogP contribution < -0.4 is 10.6 Å². The number of likely N-dealkylation sites (tertiary alicyclic amines) is 1. The summed E-state index contributed by atoms with van der Waals surface area (Å²) in [6.07, 6.45) is 5.47. The Kier molecular flexibility index (Phi) is 5.46. The van der Waals surface area contributed by atoms with Crippen LogP contribution >= 0.6 is 0 Å². The molecule has 2 atom stereocenters. The normalized spacial score (nSPS) is 20.9. The molecule has 2 N–H and O–H groups in total. The van der Waals surface area contributed by atoms with Crippen molar-refractivity contribution in [1.29, 1.82) is 5.26 Å². The number of nitriles is 1. The second-order valence-corrected chi connectivity index (χ2v) is 8.93. The fourth-order valence-corrected chi connectivity index (χ4v) is 4.88. The predicted molar refractivity (Wildman–Crippen MR) is 121 cm³/mol. The molecule has 2 aromatic heterocycles. The van der Waals surface area contributed by atoms with E-state index >= 15 is 0 Å². The van der Waals surface area contributed by atoms with Gasteiger partial charge in [0.2, 0.25) is 0 Å². The van der Waals surface area contributed by atoms with Gasteiger partial charge in [-0.2, -0.15) is 10.4 Å². The Morgan fingerprint density at radius 1 is 1.24 bits per heavy atom. The van der Waals surface area contributed by atoms with Crippen molar-refractivity contribution in [1.82, 2.24) is 19.5 Å². The third-order valence-corrected chi connectivity index (χ3v) is 6.58. The number of aryl methyl sites for hydroxylation is 1. The van der Waals surface area contributed by atoms with Gasteiger partial charge in [0.25, 0.3) is 5.91 Å². The number of hydrogen-bond acceptors (Lipinski definition) is 6. The van der Waals surface area contributed by atoms with E-state index in [9.17, 15) is 9.18 Å². The molecule has 1 aromatic carbocycles. The van der Waals surface area contributed by atoms with Crippen molar-refractivity contribution in [2.45, 2.75) is 44.7 Å². The highest BCUT2D eigenvalue weighted by Crippen LogP contribution is 2.33. The van der Waals surface area contributed by atoms with Crippen molar-refractivity contribution in [3.63, 3.8) is 0 Å². The quantitative estimate of drug-likeness (QED) is 0.662. The minimum atomic E-state index is -0.677. The standard InChI is InChI=1S/C24H26FN7O/c1-15-13-32-22(28-23(15)30-9-7-17(27)14-30)11-20(29-32)21-4-2-3-8-31(21)24(33)18-6-5-16(12-26)10-19(18)25/h5-6,10-11,13,17,21H,2-4,7-9,14,27H2,1H3. The molecule has 33 heavy (non-hydrogen) atoms. The zero-order valence-corrected chi connectivity index (χ0v) is 18.5. The summed E-state index contributed by atoms with van der Waals surface area (Å²) in [7, 11) is 0. The van der Waals surface area contributed by atoms with Crippen LogP contribution in [-0.4, -0.2) is 51.1 Å². The number of aromatic nitrogens is 3. The van der Waals surface area contributed by atoms with Crippen molar-refractivity contribution in [2.75, 3.05) is 24.5 Å². The lowest BCUT2D eigenvalue weighted by molar-refractivity contribution is 0.0601. The number of fused-ring (bicyclic) bond motifs is 1. The van der Waals surface area contributed by atoms with Crippen molar-refractivity contribution in [3.8, 4) is 6.07 Å². The lowest BCUT2D eigenvalue weighted by Crippen LogP contribution is -2.39. The lowest BCUT2D eigenvalue weighted by Gasteiger charge is -2.34. The molecular formula is C24H26FN7O. The Labute approximate surface area is 191 Å². The maximum Gasteiger partial charge on any atom is 0.257 e. The number of anilines is 1. The van der Waals surface area contributed by atoms with Gasteiger partial charge in [0, 0.05) is 43.5 Å². The fraction of sp³-hybridized carbons (Fsp3) is 0.417. The predicted octanol–water partition coefficient (Wildman–Crippen LogP) is 2.95. The summed E-state index contributed by atoms with van der Waals surface area (Å²) in [5.74, 6) is -0.142. The highest BCUT2D eigenvalue weighted by molar-refractivity contribution is 5.95. The molecule has 170 valence electrons. The van der Waals surface area contributed by atoms with E-state index in [1.165, 1.54) is 12.1 Å². The molecule has 2 aliphatic heterocycles. The monoisotopic (exact) mass is 447 g/mol. The smallest absolute Gasteiger partial charge is 0.257 e. The first-order valence-electron chi connectivity index (χ1n) is 11.3. The van der Waals surface area contributed by atoms with E-state index in [1.807, 2.05) is 25.3 Å². The van der Waals surface area contributed by atoms with Crippen LogP contribution in [0.1, 0.15) is 58.9 Å². The van der Waals surface area contributed by atoms with E-state index in [-0.39, 0.29) is 29.1 Å². The molecule has 0 saturated carbocycles. The van der Waals surface area contributed by atoms with Gasteiger partial charge in [0.05, 0.1) is 28.9 Å². The highest BCUT2D eigenvalue weighted by Gasteiger charge is 2.32. The average Bonchev–Trinajstić information content (AvgIpc) is 3.43. The Balaban J connectivity index is 1.47. The molecule has 2 unspecified atom stereocenters. The summed E-state index contributed by atoms with van der Waals surface area (Å²) in [5, 5.41) is 13.7. The first-order valence-corrected chi connectivity index (χ1v) is 11.3. The number of piperidine rings is 1. The van der Waals surface area contributed by atoms with Crippen molar-refractivity contribution >= 4 is 17.4 Å². The van der Waals surface area contributed by atoms with Crippen LogP contribution in [0, 0.1) is 24.1 Å². The number of carbonyl (C=O) groups excluding carboxylic acids is 1. The van der Waals surface area contributed by atoms with Crippen LogP contribution in [0.15, 0.2) is 30.5 Å². The van der Waals surface area contributed by atoms with Crippen LogP contribution in [0.5, 0.6) is 0 Å². The van der Waals surface area contributed by atoms with E-state index in [0.29, 0.717) is 12.2 Å². The molecule has 2 saturated heterocycles. The number of hydrogen-bond donors (Lipinski definition) is 1. The van der Waals surface area contributed by atoms with Crippen LogP contribution in [0.4, 0.5) is 10.2 Å².